The molecule has 1 aliphatic rings. The first-order valence-electron chi connectivity index (χ1n) is 4.01. The third-order valence-corrected chi connectivity index (χ3v) is 3.37. The highest BCUT2D eigenvalue weighted by atomic mass is 32.2. The van der Waals surface area contributed by atoms with Gasteiger partial charge in [-0.2, -0.15) is 11.8 Å². The Morgan fingerprint density at radius 1 is 1.44 bits per heavy atom. The third-order valence-electron chi connectivity index (χ3n) is 2.08. The first-order chi connectivity index (χ1) is 4.43. The number of thioether (sulfide) groups is 1. The largest absolute Gasteiger partial charge is 0.162 e. The van der Waals surface area contributed by atoms with Crippen LogP contribution in [0.1, 0.15) is 32.6 Å². The lowest BCUT2D eigenvalue weighted by Crippen LogP contribution is -1.98. The molecular weight excluding hydrogens is 128 g/mol. The van der Waals surface area contributed by atoms with Crippen LogP contribution in [0.5, 0.6) is 0 Å². The first kappa shape index (κ1) is 7.46. The summed E-state index contributed by atoms with van der Waals surface area (Å²) in [6.45, 7) is 2.32. The molecule has 9 heavy (non-hydrogen) atoms. The van der Waals surface area contributed by atoms with Crippen LogP contribution in [-0.4, -0.2) is 11.5 Å². The van der Waals surface area contributed by atoms with Crippen LogP contribution in [0.3, 0.4) is 0 Å². The van der Waals surface area contributed by atoms with Crippen LogP contribution in [0.2, 0.25) is 0 Å². The number of hydrogen-bond acceptors (Lipinski definition) is 1. The van der Waals surface area contributed by atoms with Gasteiger partial charge in [0.2, 0.25) is 0 Å². The van der Waals surface area contributed by atoms with Crippen LogP contribution in [0.15, 0.2) is 0 Å². The molecule has 1 aliphatic heterocycles. The monoisotopic (exact) mass is 144 g/mol. The van der Waals surface area contributed by atoms with E-state index in [1.165, 1.54) is 37.2 Å². The van der Waals surface area contributed by atoms with Crippen molar-refractivity contribution >= 4 is 11.8 Å². The average Bonchev–Trinajstić information content (AvgIpc) is 2.13. The van der Waals surface area contributed by atoms with E-state index in [0.29, 0.717) is 0 Å². The van der Waals surface area contributed by atoms with Gasteiger partial charge in [0, 0.05) is 0 Å². The molecule has 0 aliphatic carbocycles. The lowest BCUT2D eigenvalue weighted by molar-refractivity contribution is 0.509. The van der Waals surface area contributed by atoms with Crippen LogP contribution >= 0.6 is 11.8 Å². The standard InChI is InChI=1S/C8H16S/c1-2-8-5-3-4-6-9-7-8/h8H,2-7H2,1H3. The van der Waals surface area contributed by atoms with Crippen molar-refractivity contribution in [1.29, 1.82) is 0 Å². The molecule has 0 nitrogen and oxygen atoms in total. The van der Waals surface area contributed by atoms with Gasteiger partial charge in [-0.15, -0.1) is 0 Å². The van der Waals surface area contributed by atoms with E-state index in [9.17, 15) is 0 Å². The van der Waals surface area contributed by atoms with Crippen LogP contribution in [0.4, 0.5) is 0 Å². The highest BCUT2D eigenvalue weighted by Crippen LogP contribution is 2.23. The normalized spacial score (nSPS) is 29.7. The first-order valence-corrected chi connectivity index (χ1v) is 5.16. The summed E-state index contributed by atoms with van der Waals surface area (Å²) in [5.74, 6) is 3.88. The summed E-state index contributed by atoms with van der Waals surface area (Å²) in [7, 11) is 0. The van der Waals surface area contributed by atoms with Gasteiger partial charge >= 0.3 is 0 Å². The SMILES string of the molecule is CCC1CCCCSC1. The van der Waals surface area contributed by atoms with E-state index < -0.39 is 0 Å². The lowest BCUT2D eigenvalue weighted by atomic mass is 10.0. The van der Waals surface area contributed by atoms with Gasteiger partial charge in [-0.3, -0.25) is 0 Å². The van der Waals surface area contributed by atoms with E-state index in [1.807, 2.05) is 0 Å². The second-order valence-corrected chi connectivity index (χ2v) is 3.99. The van der Waals surface area contributed by atoms with Gasteiger partial charge in [0.05, 0.1) is 0 Å². The van der Waals surface area contributed by atoms with Crippen molar-refractivity contribution < 1.29 is 0 Å². The maximum absolute atomic E-state index is 2.32. The Kier molecular flexibility index (Phi) is 3.49. The van der Waals surface area contributed by atoms with Gasteiger partial charge in [0.1, 0.15) is 0 Å². The Morgan fingerprint density at radius 3 is 3.11 bits per heavy atom. The Hall–Kier alpha value is 0.350. The van der Waals surface area contributed by atoms with E-state index in [2.05, 4.69) is 18.7 Å². The Bertz CT molecular complexity index is 63.0. The summed E-state index contributed by atoms with van der Waals surface area (Å²) in [5.41, 5.74) is 0. The summed E-state index contributed by atoms with van der Waals surface area (Å²) in [4.78, 5) is 0. The predicted molar refractivity (Wildman–Crippen MR) is 45.0 cm³/mol. The van der Waals surface area contributed by atoms with Crippen LogP contribution < -0.4 is 0 Å². The van der Waals surface area contributed by atoms with Gasteiger partial charge in [-0.1, -0.05) is 19.8 Å². The summed E-state index contributed by atoms with van der Waals surface area (Å²) < 4.78 is 0. The highest BCUT2D eigenvalue weighted by molar-refractivity contribution is 7.99. The molecule has 1 rings (SSSR count). The molecule has 1 fully saturated rings. The van der Waals surface area contributed by atoms with Crippen LogP contribution in [0.25, 0.3) is 0 Å². The minimum Gasteiger partial charge on any atom is -0.162 e. The molecule has 1 atom stereocenters. The van der Waals surface area contributed by atoms with Gasteiger partial charge in [0.15, 0.2) is 0 Å². The summed E-state index contributed by atoms with van der Waals surface area (Å²) in [6, 6.07) is 0. The van der Waals surface area contributed by atoms with Gasteiger partial charge in [-0.25, -0.2) is 0 Å². The minimum absolute atomic E-state index is 1.04. The maximum atomic E-state index is 2.32. The number of rotatable bonds is 1. The molecule has 0 aromatic heterocycles. The molecule has 0 radical (unpaired) electrons. The molecule has 54 valence electrons. The summed E-state index contributed by atoms with van der Waals surface area (Å²) in [5, 5.41) is 0. The van der Waals surface area contributed by atoms with Crippen LogP contribution in [-0.2, 0) is 0 Å². The van der Waals surface area contributed by atoms with Crippen molar-refractivity contribution in [2.75, 3.05) is 11.5 Å². The zero-order valence-electron chi connectivity index (χ0n) is 6.23. The van der Waals surface area contributed by atoms with Crippen molar-refractivity contribution in [1.82, 2.24) is 0 Å². The highest BCUT2D eigenvalue weighted by Gasteiger charge is 2.08. The summed E-state index contributed by atoms with van der Waals surface area (Å²) in [6.07, 6.45) is 5.82. The predicted octanol–water partition coefficient (Wildman–Crippen LogP) is 2.93. The van der Waals surface area contributed by atoms with Crippen molar-refractivity contribution in [2.24, 2.45) is 5.92 Å². The molecule has 0 amide bonds. The quantitative estimate of drug-likeness (QED) is 0.545. The van der Waals surface area contributed by atoms with E-state index in [4.69, 9.17) is 0 Å². The van der Waals surface area contributed by atoms with E-state index in [0.717, 1.165) is 5.92 Å². The molecule has 0 aromatic carbocycles. The smallest absolute Gasteiger partial charge is 0.00392 e. The van der Waals surface area contributed by atoms with Gasteiger partial charge in [0.25, 0.3) is 0 Å². The lowest BCUT2D eigenvalue weighted by Gasteiger charge is -2.08. The molecule has 1 unspecified atom stereocenters. The van der Waals surface area contributed by atoms with Crippen LogP contribution in [0, 0.1) is 5.92 Å². The zero-order valence-corrected chi connectivity index (χ0v) is 7.04. The second-order valence-electron chi connectivity index (χ2n) is 2.84. The Morgan fingerprint density at radius 2 is 2.33 bits per heavy atom. The third kappa shape index (κ3) is 2.61. The topological polar surface area (TPSA) is 0 Å². The molecule has 1 heteroatoms. The molecule has 0 N–H and O–H groups in total. The van der Waals surface area contributed by atoms with E-state index in [-0.39, 0.29) is 0 Å². The Labute approximate surface area is 62.4 Å². The Balaban J connectivity index is 2.18. The molecule has 0 bridgehead atoms. The van der Waals surface area contributed by atoms with E-state index >= 15 is 0 Å². The summed E-state index contributed by atoms with van der Waals surface area (Å²) >= 11 is 2.15. The fraction of sp³-hybridized carbons (Fsp3) is 1.00. The van der Waals surface area contributed by atoms with Crippen molar-refractivity contribution in [3.63, 3.8) is 0 Å². The molecular formula is C8H16S. The minimum atomic E-state index is 1.04. The second kappa shape index (κ2) is 4.21. The van der Waals surface area contributed by atoms with Crippen molar-refractivity contribution in [3.8, 4) is 0 Å². The maximum Gasteiger partial charge on any atom is -0.00392 e. The number of hydrogen-bond donors (Lipinski definition) is 0. The molecule has 1 saturated heterocycles. The van der Waals surface area contributed by atoms with E-state index in [1.54, 1.807) is 0 Å². The molecule has 0 spiro atoms. The van der Waals surface area contributed by atoms with Crippen molar-refractivity contribution in [2.45, 2.75) is 32.6 Å². The molecule has 1 heterocycles. The molecule has 0 saturated carbocycles. The zero-order chi connectivity index (χ0) is 6.53. The fourth-order valence-corrected chi connectivity index (χ4v) is 2.60. The van der Waals surface area contributed by atoms with Crippen molar-refractivity contribution in [3.05, 3.63) is 0 Å². The average molecular weight is 144 g/mol. The van der Waals surface area contributed by atoms with Gasteiger partial charge < -0.3 is 0 Å². The fourth-order valence-electron chi connectivity index (χ4n) is 1.29. The molecule has 0 aromatic rings. The van der Waals surface area contributed by atoms with Gasteiger partial charge in [-0.05, 0) is 30.3 Å².